The predicted molar refractivity (Wildman–Crippen MR) is 83.7 cm³/mol. The van der Waals surface area contributed by atoms with Crippen LogP contribution in [0.2, 0.25) is 0 Å². The van der Waals surface area contributed by atoms with Gasteiger partial charge in [-0.25, -0.2) is 9.97 Å². The summed E-state index contributed by atoms with van der Waals surface area (Å²) in [5.41, 5.74) is 0.416. The maximum atomic E-state index is 12.5. The number of hydrogen-bond acceptors (Lipinski definition) is 6. The van der Waals surface area contributed by atoms with Crippen LogP contribution >= 0.6 is 0 Å². The Labute approximate surface area is 134 Å². The van der Waals surface area contributed by atoms with Crippen molar-refractivity contribution in [1.82, 2.24) is 24.8 Å². The lowest BCUT2D eigenvalue weighted by Crippen LogP contribution is -2.36. The van der Waals surface area contributed by atoms with E-state index in [1.54, 1.807) is 23.4 Å². The summed E-state index contributed by atoms with van der Waals surface area (Å²) in [6, 6.07) is 3.51. The lowest BCUT2D eigenvalue weighted by atomic mass is 10.2. The van der Waals surface area contributed by atoms with Gasteiger partial charge in [0.1, 0.15) is 11.6 Å². The standard InChI is InChI=1S/C16H19N5O2/c1-20(11-15-18-4-2-5-19-15)13-3-6-21(10-13)16(23)12-7-14(22)9-17-8-12/h2,4-5,7-9,13,22H,3,6,10-11H2,1H3. The Morgan fingerprint density at radius 1 is 1.39 bits per heavy atom. The molecule has 23 heavy (non-hydrogen) atoms. The van der Waals surface area contributed by atoms with E-state index in [0.29, 0.717) is 25.2 Å². The summed E-state index contributed by atoms with van der Waals surface area (Å²) in [7, 11) is 2.02. The number of carbonyl (C=O) groups excluding carboxylic acids is 1. The van der Waals surface area contributed by atoms with Crippen LogP contribution in [-0.2, 0) is 6.54 Å². The minimum Gasteiger partial charge on any atom is -0.506 e. The lowest BCUT2D eigenvalue weighted by molar-refractivity contribution is 0.0778. The Hall–Kier alpha value is -2.54. The normalized spacial score (nSPS) is 17.7. The number of aromatic hydroxyl groups is 1. The van der Waals surface area contributed by atoms with Crippen molar-refractivity contribution in [2.24, 2.45) is 0 Å². The number of amides is 1. The Balaban J connectivity index is 1.60. The number of rotatable bonds is 4. The average molecular weight is 313 g/mol. The van der Waals surface area contributed by atoms with Crippen LogP contribution in [0.15, 0.2) is 36.9 Å². The van der Waals surface area contributed by atoms with Gasteiger partial charge in [-0.2, -0.15) is 0 Å². The van der Waals surface area contributed by atoms with Gasteiger partial charge in [-0.15, -0.1) is 0 Å². The first-order valence-electron chi connectivity index (χ1n) is 7.53. The summed E-state index contributed by atoms with van der Waals surface area (Å²) in [4.78, 5) is 28.7. The van der Waals surface area contributed by atoms with Gasteiger partial charge in [-0.05, 0) is 25.6 Å². The maximum absolute atomic E-state index is 12.5. The van der Waals surface area contributed by atoms with E-state index in [4.69, 9.17) is 0 Å². The molecule has 0 bridgehead atoms. The molecule has 0 spiro atoms. The monoisotopic (exact) mass is 313 g/mol. The van der Waals surface area contributed by atoms with Gasteiger partial charge in [-0.3, -0.25) is 14.7 Å². The van der Waals surface area contributed by atoms with E-state index in [9.17, 15) is 9.90 Å². The zero-order valence-corrected chi connectivity index (χ0v) is 13.0. The van der Waals surface area contributed by atoms with Crippen LogP contribution < -0.4 is 0 Å². The fraction of sp³-hybridized carbons (Fsp3) is 0.375. The van der Waals surface area contributed by atoms with Gasteiger partial charge in [0.2, 0.25) is 0 Å². The molecule has 3 heterocycles. The topological polar surface area (TPSA) is 82.5 Å². The van der Waals surface area contributed by atoms with Crippen molar-refractivity contribution in [2.45, 2.75) is 19.0 Å². The second-order valence-electron chi connectivity index (χ2n) is 5.71. The molecule has 1 aliphatic rings. The van der Waals surface area contributed by atoms with E-state index in [1.165, 1.54) is 18.5 Å². The molecule has 7 nitrogen and oxygen atoms in total. The highest BCUT2D eigenvalue weighted by Crippen LogP contribution is 2.19. The maximum Gasteiger partial charge on any atom is 0.255 e. The Morgan fingerprint density at radius 3 is 2.91 bits per heavy atom. The SMILES string of the molecule is CN(Cc1ncccn1)C1CCN(C(=O)c2cncc(O)c2)C1. The minimum atomic E-state index is -0.0970. The molecule has 1 saturated heterocycles. The molecule has 2 aromatic rings. The molecule has 1 N–H and O–H groups in total. The minimum absolute atomic E-state index is 0.00458. The van der Waals surface area contributed by atoms with Crippen molar-refractivity contribution in [3.63, 3.8) is 0 Å². The van der Waals surface area contributed by atoms with Gasteiger partial charge in [0.25, 0.3) is 5.91 Å². The van der Waals surface area contributed by atoms with E-state index in [2.05, 4.69) is 19.9 Å². The van der Waals surface area contributed by atoms with Crippen LogP contribution in [0.1, 0.15) is 22.6 Å². The Bertz CT molecular complexity index is 679. The summed E-state index contributed by atoms with van der Waals surface area (Å²) >= 11 is 0. The van der Waals surface area contributed by atoms with Crippen molar-refractivity contribution >= 4 is 5.91 Å². The first kappa shape index (κ1) is 15.4. The summed E-state index contributed by atoms with van der Waals surface area (Å²) < 4.78 is 0. The first-order valence-corrected chi connectivity index (χ1v) is 7.53. The van der Waals surface area contributed by atoms with Gasteiger partial charge < -0.3 is 10.0 Å². The number of likely N-dealkylation sites (N-methyl/N-ethyl adjacent to an activating group) is 1. The van der Waals surface area contributed by atoms with Crippen LogP contribution in [0.25, 0.3) is 0 Å². The predicted octanol–water partition coefficient (Wildman–Crippen LogP) is 0.924. The fourth-order valence-corrected chi connectivity index (χ4v) is 2.78. The first-order chi connectivity index (χ1) is 11.1. The quantitative estimate of drug-likeness (QED) is 0.904. The van der Waals surface area contributed by atoms with E-state index >= 15 is 0 Å². The molecule has 0 saturated carbocycles. The van der Waals surface area contributed by atoms with Gasteiger partial charge in [-0.1, -0.05) is 0 Å². The molecule has 1 aliphatic heterocycles. The van der Waals surface area contributed by atoms with E-state index < -0.39 is 0 Å². The number of pyridine rings is 1. The molecule has 1 unspecified atom stereocenters. The zero-order valence-electron chi connectivity index (χ0n) is 13.0. The fourth-order valence-electron chi connectivity index (χ4n) is 2.78. The number of nitrogens with zero attached hydrogens (tertiary/aromatic N) is 5. The van der Waals surface area contributed by atoms with E-state index in [0.717, 1.165) is 12.2 Å². The summed E-state index contributed by atoms with van der Waals surface area (Å²) in [5, 5.41) is 9.45. The summed E-state index contributed by atoms with van der Waals surface area (Å²) in [5.74, 6) is 0.683. The molecular formula is C16H19N5O2. The van der Waals surface area contributed by atoms with Crippen molar-refractivity contribution in [1.29, 1.82) is 0 Å². The Morgan fingerprint density at radius 2 is 2.17 bits per heavy atom. The van der Waals surface area contributed by atoms with Crippen LogP contribution in [0, 0.1) is 0 Å². The molecule has 1 atom stereocenters. The molecule has 7 heteroatoms. The second-order valence-corrected chi connectivity index (χ2v) is 5.71. The van der Waals surface area contributed by atoms with Crippen molar-refractivity contribution in [3.8, 4) is 5.75 Å². The summed E-state index contributed by atoms with van der Waals surface area (Å²) in [6.07, 6.45) is 7.17. The highest BCUT2D eigenvalue weighted by molar-refractivity contribution is 5.94. The van der Waals surface area contributed by atoms with Gasteiger partial charge >= 0.3 is 0 Å². The van der Waals surface area contributed by atoms with E-state index in [1.807, 2.05) is 7.05 Å². The molecule has 120 valence electrons. The van der Waals surface area contributed by atoms with Gasteiger partial charge in [0.05, 0.1) is 18.3 Å². The van der Waals surface area contributed by atoms with Crippen molar-refractivity contribution in [3.05, 3.63) is 48.3 Å². The molecule has 2 aromatic heterocycles. The third-order valence-corrected chi connectivity index (χ3v) is 4.05. The molecule has 0 aliphatic carbocycles. The molecule has 3 rings (SSSR count). The largest absolute Gasteiger partial charge is 0.506 e. The van der Waals surface area contributed by atoms with E-state index in [-0.39, 0.29) is 17.7 Å². The van der Waals surface area contributed by atoms with Crippen LogP contribution in [0.5, 0.6) is 5.75 Å². The molecule has 1 amide bonds. The highest BCUT2D eigenvalue weighted by atomic mass is 16.3. The third-order valence-electron chi connectivity index (χ3n) is 4.05. The Kier molecular flexibility index (Phi) is 4.47. The molecular weight excluding hydrogens is 294 g/mol. The molecule has 0 radical (unpaired) electrons. The second kappa shape index (κ2) is 6.70. The van der Waals surface area contributed by atoms with Crippen LogP contribution in [-0.4, -0.2) is 61.9 Å². The van der Waals surface area contributed by atoms with Crippen molar-refractivity contribution < 1.29 is 9.90 Å². The van der Waals surface area contributed by atoms with Gasteiger partial charge in [0, 0.05) is 37.7 Å². The lowest BCUT2D eigenvalue weighted by Gasteiger charge is -2.24. The molecule has 1 fully saturated rings. The number of carbonyl (C=O) groups is 1. The van der Waals surface area contributed by atoms with Crippen LogP contribution in [0.4, 0.5) is 0 Å². The number of aromatic nitrogens is 3. The smallest absolute Gasteiger partial charge is 0.255 e. The summed E-state index contributed by atoms with van der Waals surface area (Å²) in [6.45, 7) is 2.00. The van der Waals surface area contributed by atoms with Crippen molar-refractivity contribution in [2.75, 3.05) is 20.1 Å². The number of hydrogen-bond donors (Lipinski definition) is 1. The third kappa shape index (κ3) is 3.62. The highest BCUT2D eigenvalue weighted by Gasteiger charge is 2.29. The molecule has 0 aromatic carbocycles. The van der Waals surface area contributed by atoms with Gasteiger partial charge in [0.15, 0.2) is 0 Å². The van der Waals surface area contributed by atoms with Crippen LogP contribution in [0.3, 0.4) is 0 Å². The average Bonchev–Trinajstić information content (AvgIpc) is 3.05. The number of likely N-dealkylation sites (tertiary alicyclic amines) is 1. The zero-order chi connectivity index (χ0) is 16.2.